The fourth-order valence-electron chi connectivity index (χ4n) is 4.32. The molecule has 3 rings (SSSR count). The Morgan fingerprint density at radius 2 is 1.57 bits per heavy atom. The van der Waals surface area contributed by atoms with Crippen molar-refractivity contribution in [3.05, 3.63) is 29.8 Å². The number of hydrogen-bond acceptors (Lipinski definition) is 4. The molecule has 1 aromatic rings. The lowest BCUT2D eigenvalue weighted by atomic mass is 9.93. The molecule has 1 aliphatic heterocycles. The molecule has 6 nitrogen and oxygen atoms in total. The molecule has 0 bridgehead atoms. The Morgan fingerprint density at radius 1 is 0.964 bits per heavy atom. The molecule has 1 saturated carbocycles. The molecule has 2 fully saturated rings. The van der Waals surface area contributed by atoms with E-state index in [4.69, 9.17) is 0 Å². The van der Waals surface area contributed by atoms with Crippen LogP contribution in [0, 0.1) is 0 Å². The zero-order valence-electron chi connectivity index (χ0n) is 16.8. The van der Waals surface area contributed by atoms with E-state index in [0.717, 1.165) is 38.5 Å². The van der Waals surface area contributed by atoms with Crippen molar-refractivity contribution in [1.29, 1.82) is 0 Å². The molecule has 1 heterocycles. The number of carbonyl (C=O) groups excluding carboxylic acids is 2. The summed E-state index contributed by atoms with van der Waals surface area (Å²) in [5.41, 5.74) is 0.474. The van der Waals surface area contributed by atoms with Gasteiger partial charge in [0.2, 0.25) is 15.9 Å². The lowest BCUT2D eigenvalue weighted by molar-refractivity contribution is -0.137. The predicted molar refractivity (Wildman–Crippen MR) is 108 cm³/mol. The minimum atomic E-state index is -3.79. The van der Waals surface area contributed by atoms with Gasteiger partial charge in [-0.05, 0) is 44.7 Å². The van der Waals surface area contributed by atoms with Crippen molar-refractivity contribution in [2.24, 2.45) is 0 Å². The molecule has 0 aromatic heterocycles. The Hall–Kier alpha value is -1.73. The van der Waals surface area contributed by atoms with Gasteiger partial charge in [0.25, 0.3) is 0 Å². The number of sulfonamides is 1. The van der Waals surface area contributed by atoms with Gasteiger partial charge in [0.05, 0.1) is 4.90 Å². The minimum absolute atomic E-state index is 0.0875. The first kappa shape index (κ1) is 21.0. The summed E-state index contributed by atoms with van der Waals surface area (Å²) in [5.74, 6) is -0.195. The van der Waals surface area contributed by atoms with E-state index in [1.54, 1.807) is 4.90 Å². The molecule has 0 radical (unpaired) electrons. The van der Waals surface area contributed by atoms with Crippen LogP contribution in [0.4, 0.5) is 0 Å². The highest BCUT2D eigenvalue weighted by molar-refractivity contribution is 7.89. The van der Waals surface area contributed by atoms with Crippen molar-refractivity contribution in [3.63, 3.8) is 0 Å². The summed E-state index contributed by atoms with van der Waals surface area (Å²) in [4.78, 5) is 26.6. The van der Waals surface area contributed by atoms with Crippen molar-refractivity contribution in [3.8, 4) is 0 Å². The second-order valence-corrected chi connectivity index (χ2v) is 9.84. The van der Waals surface area contributed by atoms with Gasteiger partial charge in [-0.3, -0.25) is 9.59 Å². The van der Waals surface area contributed by atoms with Crippen LogP contribution in [-0.4, -0.2) is 55.0 Å². The topological polar surface area (TPSA) is 74.8 Å². The van der Waals surface area contributed by atoms with Crippen molar-refractivity contribution >= 4 is 21.7 Å². The molecular formula is C21H30N2O4S. The minimum Gasteiger partial charge on any atom is -0.341 e. The Bertz CT molecular complexity index is 813. The molecule has 1 unspecified atom stereocenters. The van der Waals surface area contributed by atoms with Crippen LogP contribution in [0.1, 0.15) is 68.6 Å². The van der Waals surface area contributed by atoms with E-state index in [1.165, 1.54) is 41.9 Å². The van der Waals surface area contributed by atoms with E-state index < -0.39 is 16.1 Å². The van der Waals surface area contributed by atoms with Gasteiger partial charge in [0, 0.05) is 25.2 Å². The molecule has 1 atom stereocenters. The number of benzene rings is 1. The molecule has 28 heavy (non-hydrogen) atoms. The van der Waals surface area contributed by atoms with Crippen molar-refractivity contribution in [2.45, 2.75) is 75.3 Å². The monoisotopic (exact) mass is 406 g/mol. The average molecular weight is 407 g/mol. The first-order valence-corrected chi connectivity index (χ1v) is 11.7. The number of carbonyl (C=O) groups is 2. The number of rotatable bonds is 5. The van der Waals surface area contributed by atoms with Crippen molar-refractivity contribution in [2.75, 3.05) is 13.6 Å². The third kappa shape index (κ3) is 4.30. The number of piperidine rings is 1. The van der Waals surface area contributed by atoms with Gasteiger partial charge >= 0.3 is 0 Å². The maximum Gasteiger partial charge on any atom is 0.243 e. The lowest BCUT2D eigenvalue weighted by Gasteiger charge is -2.39. The van der Waals surface area contributed by atoms with Gasteiger partial charge < -0.3 is 4.90 Å². The summed E-state index contributed by atoms with van der Waals surface area (Å²) in [6.45, 7) is 1.80. The summed E-state index contributed by atoms with van der Waals surface area (Å²) in [7, 11) is -1.97. The smallest absolute Gasteiger partial charge is 0.243 e. The molecule has 1 saturated heterocycles. The normalized spacial score (nSPS) is 22.0. The van der Waals surface area contributed by atoms with Crippen molar-refractivity contribution in [1.82, 2.24) is 9.21 Å². The van der Waals surface area contributed by atoms with E-state index in [9.17, 15) is 18.0 Å². The first-order valence-electron chi connectivity index (χ1n) is 10.2. The van der Waals surface area contributed by atoms with E-state index >= 15 is 0 Å². The van der Waals surface area contributed by atoms with Crippen LogP contribution in [0.15, 0.2) is 29.2 Å². The van der Waals surface area contributed by atoms with E-state index in [2.05, 4.69) is 0 Å². The highest BCUT2D eigenvalue weighted by Crippen LogP contribution is 2.29. The zero-order valence-corrected chi connectivity index (χ0v) is 17.6. The van der Waals surface area contributed by atoms with E-state index in [1.807, 2.05) is 7.05 Å². The molecule has 0 spiro atoms. The maximum absolute atomic E-state index is 13.3. The van der Waals surface area contributed by atoms with Crippen LogP contribution < -0.4 is 0 Å². The molecule has 1 amide bonds. The van der Waals surface area contributed by atoms with E-state index in [-0.39, 0.29) is 22.6 Å². The number of hydrogen-bond donors (Lipinski definition) is 0. The first-order chi connectivity index (χ1) is 13.3. The molecule has 2 aliphatic rings. The largest absolute Gasteiger partial charge is 0.341 e. The molecule has 1 aliphatic carbocycles. The number of Topliss-reactive ketones (excluding diaryl/α,β-unsaturated/α-hetero) is 1. The number of ketones is 1. The third-order valence-electron chi connectivity index (χ3n) is 6.08. The number of likely N-dealkylation sites (N-methyl/N-ethyl adjacent to an activating group) is 1. The Kier molecular flexibility index (Phi) is 6.55. The van der Waals surface area contributed by atoms with Gasteiger partial charge in [0.1, 0.15) is 6.04 Å². The number of nitrogens with zero attached hydrogens (tertiary/aromatic N) is 2. The molecule has 7 heteroatoms. The molecule has 154 valence electrons. The standard InChI is InChI=1S/C21H30N2O4S/c1-16(24)17-11-13-19(14-12-17)28(26,27)23-15-7-6-10-20(23)21(25)22(2)18-8-4-3-5-9-18/h11-14,18,20H,3-10,15H2,1-2H3. The Labute approximate surface area is 167 Å². The van der Waals surface area contributed by atoms with Crippen LogP contribution in [-0.2, 0) is 14.8 Å². The lowest BCUT2D eigenvalue weighted by Crippen LogP contribution is -2.54. The summed E-state index contributed by atoms with van der Waals surface area (Å²) >= 11 is 0. The molecule has 0 N–H and O–H groups in total. The van der Waals surface area contributed by atoms with Crippen LogP contribution in [0.2, 0.25) is 0 Å². The van der Waals surface area contributed by atoms with E-state index in [0.29, 0.717) is 18.5 Å². The highest BCUT2D eigenvalue weighted by atomic mass is 32.2. The Morgan fingerprint density at radius 3 is 2.18 bits per heavy atom. The molecule has 1 aromatic carbocycles. The van der Waals surface area contributed by atoms with Gasteiger partial charge in [-0.2, -0.15) is 4.31 Å². The average Bonchev–Trinajstić information content (AvgIpc) is 2.73. The third-order valence-corrected chi connectivity index (χ3v) is 8.00. The maximum atomic E-state index is 13.3. The van der Waals surface area contributed by atoms with Crippen LogP contribution >= 0.6 is 0 Å². The number of amides is 1. The summed E-state index contributed by atoms with van der Waals surface area (Å²) in [5, 5.41) is 0. The summed E-state index contributed by atoms with van der Waals surface area (Å²) in [6, 6.07) is 5.56. The van der Waals surface area contributed by atoms with Gasteiger partial charge in [-0.1, -0.05) is 37.8 Å². The van der Waals surface area contributed by atoms with Crippen molar-refractivity contribution < 1.29 is 18.0 Å². The zero-order chi connectivity index (χ0) is 20.3. The second-order valence-electron chi connectivity index (χ2n) is 7.95. The van der Waals surface area contributed by atoms with Gasteiger partial charge in [-0.15, -0.1) is 0 Å². The predicted octanol–water partition coefficient (Wildman–Crippen LogP) is 3.22. The van der Waals surface area contributed by atoms with Crippen LogP contribution in [0.3, 0.4) is 0 Å². The quantitative estimate of drug-likeness (QED) is 0.704. The fraction of sp³-hybridized carbons (Fsp3) is 0.619. The Balaban J connectivity index is 1.83. The fourth-order valence-corrected chi connectivity index (χ4v) is 5.97. The van der Waals surface area contributed by atoms with Gasteiger partial charge in [-0.25, -0.2) is 8.42 Å². The molecular weight excluding hydrogens is 376 g/mol. The summed E-state index contributed by atoms with van der Waals surface area (Å²) in [6.07, 6.45) is 7.60. The van der Waals surface area contributed by atoms with Crippen LogP contribution in [0.25, 0.3) is 0 Å². The second kappa shape index (κ2) is 8.74. The highest BCUT2D eigenvalue weighted by Gasteiger charge is 2.40. The summed E-state index contributed by atoms with van der Waals surface area (Å²) < 4.78 is 27.9. The van der Waals surface area contributed by atoms with Crippen LogP contribution in [0.5, 0.6) is 0 Å². The SMILES string of the molecule is CC(=O)c1ccc(S(=O)(=O)N2CCCCC2C(=O)N(C)C2CCCCC2)cc1. The van der Waals surface area contributed by atoms with Gasteiger partial charge in [0.15, 0.2) is 5.78 Å².